The molecule has 0 aliphatic carbocycles. The van der Waals surface area contributed by atoms with E-state index in [2.05, 4.69) is 68.5 Å². The molecule has 0 saturated heterocycles. The molecule has 0 unspecified atom stereocenters. The Morgan fingerprint density at radius 2 is 0.864 bits per heavy atom. The predicted octanol–water partition coefficient (Wildman–Crippen LogP) is -3.75. The summed E-state index contributed by atoms with van der Waals surface area (Å²) >= 11 is 0. The highest BCUT2D eigenvalue weighted by Gasteiger charge is 2.37. The number of imidazole rings is 1. The zero-order valence-corrected chi connectivity index (χ0v) is 52.7. The van der Waals surface area contributed by atoms with Crippen LogP contribution in [0.25, 0.3) is 0 Å². The van der Waals surface area contributed by atoms with Gasteiger partial charge in [-0.25, -0.2) is 4.98 Å². The Labute approximate surface area is 515 Å². The van der Waals surface area contributed by atoms with Crippen LogP contribution in [0, 0.1) is 34.5 Å². The van der Waals surface area contributed by atoms with Crippen molar-refractivity contribution in [2.24, 2.45) is 58.1 Å². The second kappa shape index (κ2) is 41.1. The number of guanidine groups is 2. The van der Waals surface area contributed by atoms with Gasteiger partial charge in [0.05, 0.1) is 18.1 Å². The Balaban J connectivity index is 3.70. The maximum absolute atomic E-state index is 14.7. The molecule has 11 atom stereocenters. The maximum atomic E-state index is 14.7. The molecule has 0 aliphatic rings. The third kappa shape index (κ3) is 31.5. The van der Waals surface area contributed by atoms with E-state index in [4.69, 9.17) is 45.2 Å². The average molecular weight is 1250 g/mol. The number of H-pyrrole nitrogens is 1. The SMILES string of the molecule is CC[C@H](C)[C@H](NC(=O)[C@H](CCCCN)NC(=O)[C@H](CCCNC(=N)N)NC(=O)[C@H](C)N)C(=O)N[C@@H](CC(C)C)C(=O)N[C@@H](Cc1c[nH]cn1)C(=O)N[C@@H](CCCNC(=N)N)C(=O)N[C@@H](CC(C)C)C(=O)N[C@@H](CC(C)C)C(=O)N[C@@H](CCC(N)=O)C(N)=O. The smallest absolute Gasteiger partial charge is 0.243 e. The number of amides is 11. The number of nitrogens with one attached hydrogen (secondary N) is 14. The summed E-state index contributed by atoms with van der Waals surface area (Å²) in [5.74, 6) is -10.3. The normalized spacial score (nSPS) is 15.0. The van der Waals surface area contributed by atoms with Crippen molar-refractivity contribution >= 4 is 76.9 Å². The summed E-state index contributed by atoms with van der Waals surface area (Å²) in [6.45, 7) is 16.3. The lowest BCUT2D eigenvalue weighted by Crippen LogP contribution is -2.61. The van der Waals surface area contributed by atoms with Crippen LogP contribution in [0.5, 0.6) is 0 Å². The van der Waals surface area contributed by atoms with Crippen molar-refractivity contribution in [3.8, 4) is 0 Å². The van der Waals surface area contributed by atoms with Crippen LogP contribution in [0.3, 0.4) is 0 Å². The molecule has 498 valence electrons. The number of nitrogens with zero attached hydrogens (tertiary/aromatic N) is 1. The van der Waals surface area contributed by atoms with Crippen LogP contribution in [-0.4, -0.2) is 167 Å². The molecule has 88 heavy (non-hydrogen) atoms. The lowest BCUT2D eigenvalue weighted by Gasteiger charge is -2.30. The van der Waals surface area contributed by atoms with Gasteiger partial charge in [0, 0.05) is 32.1 Å². The van der Waals surface area contributed by atoms with Crippen molar-refractivity contribution in [1.29, 1.82) is 10.8 Å². The first kappa shape index (κ1) is 77.9. The van der Waals surface area contributed by atoms with Gasteiger partial charge in [0.25, 0.3) is 0 Å². The molecule has 26 N–H and O–H groups in total. The molecule has 1 aromatic heterocycles. The Hall–Kier alpha value is -8.16. The molecule has 0 aliphatic heterocycles. The van der Waals surface area contributed by atoms with E-state index in [9.17, 15) is 52.7 Å². The zero-order chi connectivity index (χ0) is 66.8. The van der Waals surface area contributed by atoms with E-state index >= 15 is 0 Å². The first-order chi connectivity index (χ1) is 41.3. The van der Waals surface area contributed by atoms with Crippen LogP contribution >= 0.6 is 0 Å². The number of carbonyl (C=O) groups is 11. The van der Waals surface area contributed by atoms with Crippen molar-refractivity contribution in [3.63, 3.8) is 0 Å². The second-order valence-electron chi connectivity index (χ2n) is 23.5. The van der Waals surface area contributed by atoms with Gasteiger partial charge in [-0.05, 0) is 108 Å². The van der Waals surface area contributed by atoms with E-state index in [0.717, 1.165) is 0 Å². The van der Waals surface area contributed by atoms with Crippen LogP contribution < -0.4 is 92.9 Å². The minimum atomic E-state index is -1.46. The van der Waals surface area contributed by atoms with Gasteiger partial charge in [-0.1, -0.05) is 61.8 Å². The molecule has 0 bridgehead atoms. The van der Waals surface area contributed by atoms with Gasteiger partial charge in [-0.3, -0.25) is 63.6 Å². The lowest BCUT2D eigenvalue weighted by atomic mass is 9.96. The van der Waals surface area contributed by atoms with Crippen molar-refractivity contribution < 1.29 is 52.7 Å². The van der Waals surface area contributed by atoms with Crippen LogP contribution in [0.15, 0.2) is 12.5 Å². The average Bonchev–Trinajstić information content (AvgIpc) is 3.56. The van der Waals surface area contributed by atoms with Crippen molar-refractivity contribution in [3.05, 3.63) is 18.2 Å². The van der Waals surface area contributed by atoms with E-state index in [-0.39, 0.29) is 120 Å². The molecule has 0 aromatic carbocycles. The van der Waals surface area contributed by atoms with E-state index in [1.54, 1.807) is 55.4 Å². The lowest BCUT2D eigenvalue weighted by molar-refractivity contribution is -0.136. The summed E-state index contributed by atoms with van der Waals surface area (Å²) < 4.78 is 0. The Morgan fingerprint density at radius 3 is 1.24 bits per heavy atom. The van der Waals surface area contributed by atoms with Gasteiger partial charge < -0.3 is 97.9 Å². The molecule has 0 radical (unpaired) electrons. The molecular weight excluding hydrogens is 1140 g/mol. The fourth-order valence-electron chi connectivity index (χ4n) is 9.01. The number of aromatic amines is 1. The molecule has 1 heterocycles. The molecule has 1 rings (SSSR count). The van der Waals surface area contributed by atoms with Gasteiger partial charge in [0.1, 0.15) is 54.4 Å². The highest BCUT2D eigenvalue weighted by Crippen LogP contribution is 2.15. The highest BCUT2D eigenvalue weighted by atomic mass is 16.2. The summed E-state index contributed by atoms with van der Waals surface area (Å²) in [5, 5.41) is 44.6. The summed E-state index contributed by atoms with van der Waals surface area (Å²) in [5.41, 5.74) is 33.6. The first-order valence-corrected chi connectivity index (χ1v) is 30.2. The summed E-state index contributed by atoms with van der Waals surface area (Å²) in [6.07, 6.45) is 4.12. The molecule has 11 amide bonds. The minimum absolute atomic E-state index is 0.0396. The van der Waals surface area contributed by atoms with Gasteiger partial charge in [0.15, 0.2) is 11.9 Å². The van der Waals surface area contributed by atoms with E-state index in [1.807, 2.05) is 0 Å². The van der Waals surface area contributed by atoms with Crippen LogP contribution in [0.2, 0.25) is 0 Å². The summed E-state index contributed by atoms with van der Waals surface area (Å²) in [6, 6.07) is -12.6. The van der Waals surface area contributed by atoms with Gasteiger partial charge in [0.2, 0.25) is 65.0 Å². The fourth-order valence-corrected chi connectivity index (χ4v) is 9.01. The summed E-state index contributed by atoms with van der Waals surface area (Å²) in [7, 11) is 0. The monoisotopic (exact) mass is 1250 g/mol. The molecular formula is C56H103N21O11. The quantitative estimate of drug-likeness (QED) is 0.0170. The number of unbranched alkanes of at least 4 members (excludes halogenated alkanes) is 1. The first-order valence-electron chi connectivity index (χ1n) is 30.2. The highest BCUT2D eigenvalue weighted by molar-refractivity contribution is 5.99. The largest absolute Gasteiger partial charge is 0.370 e. The minimum Gasteiger partial charge on any atom is -0.370 e. The number of nitrogens with two attached hydrogens (primary N) is 6. The van der Waals surface area contributed by atoms with Crippen molar-refractivity contribution in [1.82, 2.24) is 68.5 Å². The van der Waals surface area contributed by atoms with Crippen molar-refractivity contribution in [2.45, 2.75) is 213 Å². The molecule has 32 nitrogen and oxygen atoms in total. The van der Waals surface area contributed by atoms with Gasteiger partial charge in [-0.15, -0.1) is 0 Å². The zero-order valence-electron chi connectivity index (χ0n) is 52.7. The number of hydrogen-bond acceptors (Lipinski definition) is 16. The number of primary amides is 2. The Bertz CT molecular complexity index is 2440. The van der Waals surface area contributed by atoms with E-state index in [0.29, 0.717) is 25.0 Å². The Kier molecular flexibility index (Phi) is 36.3. The third-order valence-corrected chi connectivity index (χ3v) is 14.0. The number of rotatable bonds is 44. The predicted molar refractivity (Wildman–Crippen MR) is 330 cm³/mol. The molecule has 0 spiro atoms. The second-order valence-corrected chi connectivity index (χ2v) is 23.5. The molecule has 0 saturated carbocycles. The van der Waals surface area contributed by atoms with Crippen molar-refractivity contribution in [2.75, 3.05) is 19.6 Å². The van der Waals surface area contributed by atoms with E-state index in [1.165, 1.54) is 19.4 Å². The maximum Gasteiger partial charge on any atom is 0.243 e. The van der Waals surface area contributed by atoms with Gasteiger partial charge >= 0.3 is 0 Å². The topological polar surface area (TPSA) is 553 Å². The van der Waals surface area contributed by atoms with Crippen LogP contribution in [0.1, 0.15) is 151 Å². The Morgan fingerprint density at radius 1 is 0.489 bits per heavy atom. The molecule has 1 aromatic rings. The fraction of sp³-hybridized carbons (Fsp3) is 0.714. The van der Waals surface area contributed by atoms with Gasteiger partial charge in [-0.2, -0.15) is 0 Å². The number of aromatic nitrogens is 2. The standard InChI is InChI=1S/C56H103N21O11/c1-10-32(8)44(77-49(83)36(15-11-12-20-57)71-47(81)37(70-46(80)33(9)58)16-13-21-66-55(61)62)54(88)76-41(25-31(6)7)52(86)75-42(26-34-27-65-28-68-34)53(87)72-38(17-14-22-67-56(63)64)48(82)73-40(24-30(4)5)51(85)74-39(23-29(2)3)50(84)69-35(45(60)79)18-19-43(59)78/h27-33,35-42,44H,10-26,57-58H2,1-9H3,(H2,59,78)(H2,60,79)(H,65,68)(H,69,84)(H,70,80)(H,71,81)(H,72,87)(H,73,82)(H,74,85)(H,75,86)(H,76,88)(H,77,83)(H4,61,62,66)(H4,63,64,67)/t32-,33-,35-,36-,37-,38-,39-,40-,41-,42-,44-/m0/s1. The third-order valence-electron chi connectivity index (χ3n) is 14.0. The molecule has 0 fully saturated rings. The molecule has 32 heteroatoms. The number of carbonyl (C=O) groups excluding carboxylic acids is 11. The van der Waals surface area contributed by atoms with E-state index < -0.39 is 131 Å². The van der Waals surface area contributed by atoms with Crippen LogP contribution in [0.4, 0.5) is 0 Å². The summed E-state index contributed by atoms with van der Waals surface area (Å²) in [4.78, 5) is 158. The van der Waals surface area contributed by atoms with Crippen LogP contribution in [-0.2, 0) is 59.2 Å². The number of hydrogen-bond donors (Lipinski definition) is 20.